The minimum atomic E-state index is -1.06. The Morgan fingerprint density at radius 2 is 1.49 bits per heavy atom. The molecule has 194 valence electrons. The first-order chi connectivity index (χ1) is 17.9. The minimum Gasteiger partial charge on any atom is -0.481 e. The number of nitrogens with one attached hydrogen (secondary N) is 4. The molecular formula is C26H29N5O5S. The van der Waals surface area contributed by atoms with E-state index in [0.29, 0.717) is 25.9 Å². The molecular weight excluding hydrogens is 494 g/mol. The van der Waals surface area contributed by atoms with Gasteiger partial charge in [0.1, 0.15) is 5.69 Å². The lowest BCUT2D eigenvalue weighted by molar-refractivity contribution is -0.141. The number of rotatable bonds is 13. The molecule has 0 saturated carbocycles. The molecule has 0 bridgehead atoms. The van der Waals surface area contributed by atoms with Crippen LogP contribution < -0.4 is 21.3 Å². The van der Waals surface area contributed by atoms with E-state index in [0.717, 1.165) is 22.5 Å². The fourth-order valence-electron chi connectivity index (χ4n) is 3.46. The number of benzene rings is 2. The van der Waals surface area contributed by atoms with E-state index in [1.165, 1.54) is 5.38 Å². The van der Waals surface area contributed by atoms with E-state index in [2.05, 4.69) is 26.3 Å². The maximum atomic E-state index is 12.5. The second kappa shape index (κ2) is 14.3. The lowest BCUT2D eigenvalue weighted by Gasteiger charge is -2.15. The molecule has 2 aromatic carbocycles. The molecule has 1 atom stereocenters. The van der Waals surface area contributed by atoms with Gasteiger partial charge < -0.3 is 21.1 Å². The lowest BCUT2D eigenvalue weighted by atomic mass is 9.98. The Morgan fingerprint density at radius 1 is 0.865 bits per heavy atom. The van der Waals surface area contributed by atoms with Crippen molar-refractivity contribution >= 4 is 40.3 Å². The van der Waals surface area contributed by atoms with Gasteiger partial charge in [-0.3, -0.25) is 19.7 Å². The number of thiazole rings is 1. The van der Waals surface area contributed by atoms with Crippen LogP contribution in [0.15, 0.2) is 66.0 Å². The van der Waals surface area contributed by atoms with E-state index in [1.54, 1.807) is 0 Å². The van der Waals surface area contributed by atoms with Gasteiger partial charge in [0.15, 0.2) is 5.13 Å². The first kappa shape index (κ1) is 27.3. The fraction of sp³-hybridized carbons (Fsp3) is 0.269. The Kier molecular flexibility index (Phi) is 10.6. The van der Waals surface area contributed by atoms with Gasteiger partial charge in [-0.25, -0.2) is 9.78 Å². The molecule has 37 heavy (non-hydrogen) atoms. The molecule has 0 radical (unpaired) electrons. The Hall–Kier alpha value is -4.25. The van der Waals surface area contributed by atoms with Crippen LogP contribution in [0.25, 0.3) is 0 Å². The first-order valence-corrected chi connectivity index (χ1v) is 12.6. The summed E-state index contributed by atoms with van der Waals surface area (Å²) in [5, 5.41) is 21.8. The Labute approximate surface area is 218 Å². The zero-order valence-corrected chi connectivity index (χ0v) is 20.9. The Bertz CT molecular complexity index is 1190. The van der Waals surface area contributed by atoms with Gasteiger partial charge in [-0.2, -0.15) is 0 Å². The standard InChI is InChI=1S/C26H29N5O5S/c32-22(33)14-20(23(34)28-15-18-8-3-1-4-9-18)12-7-13-27-24(35)21-17-37-26(30-21)31-25(36)29-16-19-10-5-2-6-11-19/h1-6,8-11,17,20H,7,12-16H2,(H,27,35)(H,28,34)(H,32,33)(H2,29,30,31,36). The third-order valence-electron chi connectivity index (χ3n) is 5.37. The van der Waals surface area contributed by atoms with Gasteiger partial charge in [-0.05, 0) is 24.0 Å². The van der Waals surface area contributed by atoms with Crippen LogP contribution in [0.5, 0.6) is 0 Å². The second-order valence-electron chi connectivity index (χ2n) is 8.23. The number of aromatic nitrogens is 1. The van der Waals surface area contributed by atoms with Crippen LogP contribution in [0.2, 0.25) is 0 Å². The largest absolute Gasteiger partial charge is 0.481 e. The molecule has 11 heteroatoms. The van der Waals surface area contributed by atoms with Crippen LogP contribution in [0.1, 0.15) is 40.9 Å². The smallest absolute Gasteiger partial charge is 0.321 e. The van der Waals surface area contributed by atoms with Crippen molar-refractivity contribution in [2.45, 2.75) is 32.4 Å². The summed E-state index contributed by atoms with van der Waals surface area (Å²) in [5.41, 5.74) is 2.03. The summed E-state index contributed by atoms with van der Waals surface area (Å²) in [5.74, 6) is -2.52. The van der Waals surface area contributed by atoms with Crippen LogP contribution in [0.3, 0.4) is 0 Å². The molecule has 3 aromatic rings. The summed E-state index contributed by atoms with van der Waals surface area (Å²) in [6.45, 7) is 0.925. The average Bonchev–Trinajstić information content (AvgIpc) is 3.37. The number of carboxylic acid groups (broad SMARTS) is 1. The van der Waals surface area contributed by atoms with Crippen LogP contribution in [-0.4, -0.2) is 40.5 Å². The second-order valence-corrected chi connectivity index (χ2v) is 9.09. The van der Waals surface area contributed by atoms with Crippen LogP contribution in [0, 0.1) is 5.92 Å². The van der Waals surface area contributed by atoms with Crippen molar-refractivity contribution < 1.29 is 24.3 Å². The monoisotopic (exact) mass is 523 g/mol. The van der Waals surface area contributed by atoms with Gasteiger partial charge in [0, 0.05) is 30.9 Å². The Balaban J connectivity index is 1.39. The highest BCUT2D eigenvalue weighted by Crippen LogP contribution is 2.16. The highest BCUT2D eigenvalue weighted by molar-refractivity contribution is 7.14. The number of carboxylic acids is 1. The summed E-state index contributed by atoms with van der Waals surface area (Å²) < 4.78 is 0. The maximum absolute atomic E-state index is 12.5. The Morgan fingerprint density at radius 3 is 2.11 bits per heavy atom. The minimum absolute atomic E-state index is 0.158. The molecule has 1 heterocycles. The van der Waals surface area contributed by atoms with E-state index in [-0.39, 0.29) is 29.7 Å². The summed E-state index contributed by atoms with van der Waals surface area (Å²) in [7, 11) is 0. The van der Waals surface area contributed by atoms with E-state index in [9.17, 15) is 24.3 Å². The molecule has 3 rings (SSSR count). The van der Waals surface area contributed by atoms with Crippen molar-refractivity contribution in [3.8, 4) is 0 Å². The molecule has 0 fully saturated rings. The average molecular weight is 524 g/mol. The molecule has 0 spiro atoms. The normalized spacial score (nSPS) is 11.2. The highest BCUT2D eigenvalue weighted by atomic mass is 32.1. The summed E-state index contributed by atoms with van der Waals surface area (Å²) >= 11 is 1.12. The van der Waals surface area contributed by atoms with Crippen LogP contribution >= 0.6 is 11.3 Å². The summed E-state index contributed by atoms with van der Waals surface area (Å²) in [6.07, 6.45) is 0.431. The van der Waals surface area contributed by atoms with E-state index in [4.69, 9.17) is 0 Å². The van der Waals surface area contributed by atoms with Crippen molar-refractivity contribution in [2.75, 3.05) is 11.9 Å². The van der Waals surface area contributed by atoms with Gasteiger partial charge >= 0.3 is 12.0 Å². The number of anilines is 1. The first-order valence-electron chi connectivity index (χ1n) is 11.8. The highest BCUT2D eigenvalue weighted by Gasteiger charge is 2.21. The summed E-state index contributed by atoms with van der Waals surface area (Å²) in [4.78, 5) is 52.3. The number of carbonyl (C=O) groups excluding carboxylic acids is 3. The zero-order chi connectivity index (χ0) is 26.5. The van der Waals surface area contributed by atoms with Gasteiger partial charge in [0.05, 0.1) is 6.42 Å². The van der Waals surface area contributed by atoms with Gasteiger partial charge in [-0.15, -0.1) is 11.3 Å². The van der Waals surface area contributed by atoms with Gasteiger partial charge in [-0.1, -0.05) is 60.7 Å². The SMILES string of the molecule is O=C(O)CC(CCCNC(=O)c1csc(NC(=O)NCc2ccccc2)n1)C(=O)NCc1ccccc1. The number of aliphatic carboxylic acids is 1. The molecule has 4 amide bonds. The van der Waals surface area contributed by atoms with Crippen molar-refractivity contribution in [3.05, 3.63) is 82.9 Å². The number of nitrogens with zero attached hydrogens (tertiary/aromatic N) is 1. The number of urea groups is 1. The number of carbonyl (C=O) groups is 4. The van der Waals surface area contributed by atoms with E-state index in [1.807, 2.05) is 60.7 Å². The summed E-state index contributed by atoms with van der Waals surface area (Å²) in [6, 6.07) is 18.4. The van der Waals surface area contributed by atoms with Crippen molar-refractivity contribution in [3.63, 3.8) is 0 Å². The quantitative estimate of drug-likeness (QED) is 0.217. The molecule has 1 aromatic heterocycles. The topological polar surface area (TPSA) is 150 Å². The molecule has 0 aliphatic rings. The molecule has 10 nitrogen and oxygen atoms in total. The molecule has 0 aliphatic heterocycles. The van der Waals surface area contributed by atoms with Gasteiger partial charge in [0.2, 0.25) is 5.91 Å². The number of hydrogen-bond acceptors (Lipinski definition) is 6. The third kappa shape index (κ3) is 9.73. The van der Waals surface area contributed by atoms with Crippen molar-refractivity contribution in [2.24, 2.45) is 5.92 Å². The van der Waals surface area contributed by atoms with E-state index < -0.39 is 23.8 Å². The predicted octanol–water partition coefficient (Wildman–Crippen LogP) is 3.38. The molecule has 5 N–H and O–H groups in total. The predicted molar refractivity (Wildman–Crippen MR) is 140 cm³/mol. The lowest BCUT2D eigenvalue weighted by Crippen LogP contribution is -2.32. The number of amides is 4. The van der Waals surface area contributed by atoms with Gasteiger partial charge in [0.25, 0.3) is 5.91 Å². The third-order valence-corrected chi connectivity index (χ3v) is 6.13. The number of hydrogen-bond donors (Lipinski definition) is 5. The van der Waals surface area contributed by atoms with Crippen LogP contribution in [0.4, 0.5) is 9.93 Å². The van der Waals surface area contributed by atoms with Crippen LogP contribution in [-0.2, 0) is 22.7 Å². The van der Waals surface area contributed by atoms with Crippen molar-refractivity contribution in [1.29, 1.82) is 0 Å². The molecule has 0 saturated heterocycles. The molecule has 0 aliphatic carbocycles. The fourth-order valence-corrected chi connectivity index (χ4v) is 4.15. The molecule has 1 unspecified atom stereocenters. The maximum Gasteiger partial charge on any atom is 0.321 e. The zero-order valence-electron chi connectivity index (χ0n) is 20.1. The van der Waals surface area contributed by atoms with Crippen molar-refractivity contribution in [1.82, 2.24) is 20.9 Å². The van der Waals surface area contributed by atoms with E-state index >= 15 is 0 Å².